The lowest BCUT2D eigenvalue weighted by Crippen LogP contribution is -2.53. The van der Waals surface area contributed by atoms with E-state index in [-0.39, 0.29) is 0 Å². The number of piperidine rings is 1. The van der Waals surface area contributed by atoms with Crippen molar-refractivity contribution in [1.82, 2.24) is 4.90 Å². The summed E-state index contributed by atoms with van der Waals surface area (Å²) >= 11 is 0. The number of halogens is 1. The van der Waals surface area contributed by atoms with Crippen molar-refractivity contribution in [3.8, 4) is 5.75 Å². The number of likely N-dealkylation sites (tertiary alicyclic amines) is 1. The molecule has 104 valence electrons. The van der Waals surface area contributed by atoms with E-state index in [4.69, 9.17) is 4.74 Å². The van der Waals surface area contributed by atoms with E-state index in [0.717, 1.165) is 24.2 Å². The number of ether oxygens (including phenoxy) is 1. The maximum Gasteiger partial charge on any atom is 0.282 e. The molecule has 4 heteroatoms. The molecule has 1 atom stereocenters. The Morgan fingerprint density at radius 2 is 2.20 bits per heavy atom. The summed E-state index contributed by atoms with van der Waals surface area (Å²) in [4.78, 5) is 13.2. The molecule has 3 rings (SSSR count). The number of fused-ring (bicyclic) bond motifs is 1. The fourth-order valence-corrected chi connectivity index (χ4v) is 2.82. The van der Waals surface area contributed by atoms with Gasteiger partial charge in [-0.05, 0) is 25.0 Å². The van der Waals surface area contributed by atoms with E-state index in [1.165, 1.54) is 4.90 Å². The molecule has 1 amide bonds. The van der Waals surface area contributed by atoms with Crippen LogP contribution in [0.4, 0.5) is 4.39 Å². The van der Waals surface area contributed by atoms with Crippen LogP contribution in [-0.2, 0) is 4.79 Å². The van der Waals surface area contributed by atoms with Crippen LogP contribution >= 0.6 is 0 Å². The molecular formula is C16H16FNO2. The van der Waals surface area contributed by atoms with Crippen LogP contribution in [0.25, 0.3) is 6.08 Å². The predicted octanol–water partition coefficient (Wildman–Crippen LogP) is 2.94. The molecule has 2 aliphatic heterocycles. The number of para-hydroxylation sites is 1. The van der Waals surface area contributed by atoms with Crippen LogP contribution in [0, 0.1) is 0 Å². The molecule has 0 aromatic heterocycles. The summed E-state index contributed by atoms with van der Waals surface area (Å²) in [5, 5.41) is 0. The number of carbonyl (C=O) groups is 1. The standard InChI is InChI=1S/C16H16FNO2/c1-12(17)15(19)18-10-4-8-16(11-18)9-7-13-5-2-3-6-14(13)20-16/h2-3,5-7,9H,1,4,8,10-11H2. The average Bonchev–Trinajstić information content (AvgIpc) is 2.46. The largest absolute Gasteiger partial charge is 0.481 e. The number of hydrogen-bond donors (Lipinski definition) is 0. The van der Waals surface area contributed by atoms with E-state index in [1.54, 1.807) is 0 Å². The molecule has 1 aromatic carbocycles. The number of nitrogens with zero attached hydrogens (tertiary/aromatic N) is 1. The third-order valence-electron chi connectivity index (χ3n) is 3.80. The molecule has 2 heterocycles. The molecule has 20 heavy (non-hydrogen) atoms. The molecular weight excluding hydrogens is 257 g/mol. The molecule has 1 fully saturated rings. The van der Waals surface area contributed by atoms with Crippen LogP contribution in [0.3, 0.4) is 0 Å². The Balaban J connectivity index is 1.84. The van der Waals surface area contributed by atoms with Crippen molar-refractivity contribution < 1.29 is 13.9 Å². The molecule has 0 bridgehead atoms. The van der Waals surface area contributed by atoms with Gasteiger partial charge in [0, 0.05) is 12.1 Å². The van der Waals surface area contributed by atoms with Crippen LogP contribution in [0.2, 0.25) is 0 Å². The molecule has 1 aromatic rings. The minimum absolute atomic E-state index is 0.361. The summed E-state index contributed by atoms with van der Waals surface area (Å²) in [5.41, 5.74) is 0.481. The summed E-state index contributed by atoms with van der Waals surface area (Å²) < 4.78 is 19.1. The van der Waals surface area contributed by atoms with Gasteiger partial charge in [0.1, 0.15) is 11.4 Å². The third kappa shape index (κ3) is 2.22. The van der Waals surface area contributed by atoms with Gasteiger partial charge in [0.15, 0.2) is 5.83 Å². The van der Waals surface area contributed by atoms with Crippen molar-refractivity contribution >= 4 is 12.0 Å². The first-order valence-corrected chi connectivity index (χ1v) is 6.71. The third-order valence-corrected chi connectivity index (χ3v) is 3.80. The van der Waals surface area contributed by atoms with Gasteiger partial charge >= 0.3 is 0 Å². The monoisotopic (exact) mass is 273 g/mol. The maximum atomic E-state index is 13.0. The van der Waals surface area contributed by atoms with Crippen LogP contribution in [0.15, 0.2) is 42.7 Å². The highest BCUT2D eigenvalue weighted by molar-refractivity contribution is 5.90. The van der Waals surface area contributed by atoms with Crippen molar-refractivity contribution in [2.45, 2.75) is 18.4 Å². The molecule has 1 spiro atoms. The zero-order valence-corrected chi connectivity index (χ0v) is 11.1. The van der Waals surface area contributed by atoms with Gasteiger partial charge in [-0.3, -0.25) is 4.79 Å². The van der Waals surface area contributed by atoms with Gasteiger partial charge in [-0.15, -0.1) is 0 Å². The Morgan fingerprint density at radius 3 is 3.00 bits per heavy atom. The molecule has 1 saturated heterocycles. The Bertz CT molecular complexity index is 596. The van der Waals surface area contributed by atoms with Gasteiger partial charge in [-0.1, -0.05) is 30.9 Å². The Morgan fingerprint density at radius 1 is 1.40 bits per heavy atom. The first kappa shape index (κ1) is 12.9. The number of benzene rings is 1. The second kappa shape index (κ2) is 4.78. The number of hydrogen-bond acceptors (Lipinski definition) is 2. The normalized spacial score (nSPS) is 24.1. The molecule has 0 aliphatic carbocycles. The van der Waals surface area contributed by atoms with Crippen molar-refractivity contribution in [2.24, 2.45) is 0 Å². The molecule has 3 nitrogen and oxygen atoms in total. The minimum Gasteiger partial charge on any atom is -0.481 e. The summed E-state index contributed by atoms with van der Waals surface area (Å²) in [6, 6.07) is 7.76. The lowest BCUT2D eigenvalue weighted by molar-refractivity contribution is -0.132. The van der Waals surface area contributed by atoms with E-state index >= 15 is 0 Å². The van der Waals surface area contributed by atoms with Gasteiger partial charge in [0.25, 0.3) is 5.91 Å². The van der Waals surface area contributed by atoms with E-state index in [0.29, 0.717) is 13.1 Å². The highest BCUT2D eigenvalue weighted by Crippen LogP contribution is 2.36. The lowest BCUT2D eigenvalue weighted by Gasteiger charge is -2.42. The predicted molar refractivity (Wildman–Crippen MR) is 74.9 cm³/mol. The average molecular weight is 273 g/mol. The quantitative estimate of drug-likeness (QED) is 0.736. The second-order valence-corrected chi connectivity index (χ2v) is 5.27. The topological polar surface area (TPSA) is 29.5 Å². The highest BCUT2D eigenvalue weighted by atomic mass is 19.1. The van der Waals surface area contributed by atoms with Crippen molar-refractivity contribution in [3.63, 3.8) is 0 Å². The first-order valence-electron chi connectivity index (χ1n) is 6.71. The maximum absolute atomic E-state index is 13.0. The van der Waals surface area contributed by atoms with Crippen molar-refractivity contribution in [1.29, 1.82) is 0 Å². The SMILES string of the molecule is C=C(F)C(=O)N1CCCC2(C=Cc3ccccc3O2)C1. The summed E-state index contributed by atoms with van der Waals surface area (Å²) in [5.74, 6) is -0.745. The van der Waals surface area contributed by atoms with Gasteiger partial charge in [-0.25, -0.2) is 4.39 Å². The van der Waals surface area contributed by atoms with E-state index in [9.17, 15) is 9.18 Å². The molecule has 1 unspecified atom stereocenters. The highest BCUT2D eigenvalue weighted by Gasteiger charge is 2.39. The fourth-order valence-electron chi connectivity index (χ4n) is 2.82. The number of amides is 1. The Hall–Kier alpha value is -2.10. The lowest BCUT2D eigenvalue weighted by atomic mass is 9.89. The number of carbonyl (C=O) groups excluding carboxylic acids is 1. The summed E-state index contributed by atoms with van der Waals surface area (Å²) in [6.45, 7) is 3.99. The zero-order chi connectivity index (χ0) is 14.2. The Kier molecular flexibility index (Phi) is 3.08. The Labute approximate surface area is 117 Å². The minimum atomic E-state index is -0.915. The molecule has 2 aliphatic rings. The van der Waals surface area contributed by atoms with Crippen molar-refractivity contribution in [2.75, 3.05) is 13.1 Å². The molecule has 0 saturated carbocycles. The first-order chi connectivity index (χ1) is 9.60. The van der Waals surface area contributed by atoms with E-state index in [1.807, 2.05) is 36.4 Å². The zero-order valence-electron chi connectivity index (χ0n) is 11.1. The fraction of sp³-hybridized carbons (Fsp3) is 0.312. The van der Waals surface area contributed by atoms with Crippen LogP contribution in [0.5, 0.6) is 5.75 Å². The van der Waals surface area contributed by atoms with E-state index < -0.39 is 17.3 Å². The smallest absolute Gasteiger partial charge is 0.282 e. The van der Waals surface area contributed by atoms with Crippen LogP contribution in [-0.4, -0.2) is 29.5 Å². The molecule has 0 N–H and O–H groups in total. The summed E-state index contributed by atoms with van der Waals surface area (Å²) in [6.07, 6.45) is 5.60. The number of rotatable bonds is 1. The van der Waals surface area contributed by atoms with E-state index in [2.05, 4.69) is 6.58 Å². The van der Waals surface area contributed by atoms with Gasteiger partial charge < -0.3 is 9.64 Å². The molecule has 0 radical (unpaired) electrons. The van der Waals surface area contributed by atoms with Crippen LogP contribution < -0.4 is 4.74 Å². The second-order valence-electron chi connectivity index (χ2n) is 5.27. The van der Waals surface area contributed by atoms with Gasteiger partial charge in [0.2, 0.25) is 0 Å². The van der Waals surface area contributed by atoms with Gasteiger partial charge in [0.05, 0.1) is 6.54 Å². The van der Waals surface area contributed by atoms with Crippen LogP contribution in [0.1, 0.15) is 18.4 Å². The van der Waals surface area contributed by atoms with Gasteiger partial charge in [-0.2, -0.15) is 0 Å². The van der Waals surface area contributed by atoms with Crippen molar-refractivity contribution in [3.05, 3.63) is 48.3 Å². The summed E-state index contributed by atoms with van der Waals surface area (Å²) in [7, 11) is 0.